The fraction of sp³-hybridized carbons (Fsp3) is 0.800. The molecule has 1 heterocycles. The van der Waals surface area contributed by atoms with Gasteiger partial charge in [-0.3, -0.25) is 19.8 Å². The molecule has 16 heavy (non-hydrogen) atoms. The summed E-state index contributed by atoms with van der Waals surface area (Å²) in [7, 11) is 0. The van der Waals surface area contributed by atoms with Crippen molar-refractivity contribution in [2.75, 3.05) is 32.8 Å². The van der Waals surface area contributed by atoms with E-state index in [1.165, 1.54) is 0 Å². The number of nitrogens with one attached hydrogen (secondary N) is 1. The Morgan fingerprint density at radius 1 is 1.38 bits per heavy atom. The van der Waals surface area contributed by atoms with Crippen molar-refractivity contribution in [2.45, 2.75) is 19.4 Å². The number of nitrogens with two attached hydrogens (primary N) is 1. The third-order valence-corrected chi connectivity index (χ3v) is 2.31. The van der Waals surface area contributed by atoms with E-state index in [0.29, 0.717) is 26.3 Å². The number of imide groups is 1. The quantitative estimate of drug-likeness (QED) is 0.628. The molecule has 0 bridgehead atoms. The van der Waals surface area contributed by atoms with Crippen molar-refractivity contribution in [3.05, 3.63) is 0 Å². The average Bonchev–Trinajstić information content (AvgIpc) is 2.17. The van der Waals surface area contributed by atoms with Gasteiger partial charge >= 0.3 is 0 Å². The lowest BCUT2D eigenvalue weighted by molar-refractivity contribution is -0.134. The largest absolute Gasteiger partial charge is 0.379 e. The van der Waals surface area contributed by atoms with E-state index in [4.69, 9.17) is 10.5 Å². The molecule has 3 N–H and O–H groups in total. The molecule has 0 radical (unpaired) electrons. The van der Waals surface area contributed by atoms with E-state index >= 15 is 0 Å². The molecule has 92 valence electrons. The summed E-state index contributed by atoms with van der Waals surface area (Å²) in [4.78, 5) is 24.9. The first kappa shape index (κ1) is 13.1. The standard InChI is InChI=1S/C10H19N3O3/c1-10(2,11)9(15)12-8(14)7-13-3-5-16-6-4-13/h3-7,11H2,1-2H3,(H,12,14,15). The number of rotatable bonds is 3. The second-order valence-corrected chi connectivity index (χ2v) is 4.49. The Labute approximate surface area is 95.1 Å². The van der Waals surface area contributed by atoms with Crippen LogP contribution in [0, 0.1) is 0 Å². The highest BCUT2D eigenvalue weighted by Crippen LogP contribution is 1.98. The SMILES string of the molecule is CC(C)(N)C(=O)NC(=O)CN1CCOCC1. The Bertz CT molecular complexity index is 267. The second kappa shape index (κ2) is 5.38. The molecule has 1 rings (SSSR count). The van der Waals surface area contributed by atoms with Crippen molar-refractivity contribution in [3.63, 3.8) is 0 Å². The normalized spacial score (nSPS) is 18.2. The molecule has 0 aromatic heterocycles. The summed E-state index contributed by atoms with van der Waals surface area (Å²) in [5.74, 6) is -0.767. The summed E-state index contributed by atoms with van der Waals surface area (Å²) < 4.78 is 5.16. The third kappa shape index (κ3) is 4.26. The first-order chi connectivity index (χ1) is 7.39. The van der Waals surface area contributed by atoms with Crippen LogP contribution >= 0.6 is 0 Å². The monoisotopic (exact) mass is 229 g/mol. The van der Waals surface area contributed by atoms with Gasteiger partial charge in [0.25, 0.3) is 0 Å². The summed E-state index contributed by atoms with van der Waals surface area (Å²) in [5.41, 5.74) is 4.54. The summed E-state index contributed by atoms with van der Waals surface area (Å²) >= 11 is 0. The van der Waals surface area contributed by atoms with E-state index in [1.54, 1.807) is 13.8 Å². The van der Waals surface area contributed by atoms with Crippen LogP contribution in [0.5, 0.6) is 0 Å². The molecule has 0 spiro atoms. The molecule has 0 aromatic carbocycles. The summed E-state index contributed by atoms with van der Waals surface area (Å²) in [6.07, 6.45) is 0. The predicted molar refractivity (Wildman–Crippen MR) is 58.7 cm³/mol. The maximum absolute atomic E-state index is 11.5. The Balaban J connectivity index is 2.32. The molecule has 0 unspecified atom stereocenters. The lowest BCUT2D eigenvalue weighted by Gasteiger charge is -2.26. The van der Waals surface area contributed by atoms with Gasteiger partial charge in [-0.15, -0.1) is 0 Å². The van der Waals surface area contributed by atoms with Crippen molar-refractivity contribution in [1.29, 1.82) is 0 Å². The molecule has 1 fully saturated rings. The molecule has 0 atom stereocenters. The van der Waals surface area contributed by atoms with Crippen molar-refractivity contribution >= 4 is 11.8 Å². The zero-order chi connectivity index (χ0) is 12.2. The Hall–Kier alpha value is -0.980. The molecule has 0 aliphatic carbocycles. The molecule has 0 saturated carbocycles. The predicted octanol–water partition coefficient (Wildman–Crippen LogP) is -1.30. The molecular weight excluding hydrogens is 210 g/mol. The number of hydrogen-bond donors (Lipinski definition) is 2. The highest BCUT2D eigenvalue weighted by Gasteiger charge is 2.24. The molecule has 1 saturated heterocycles. The van der Waals surface area contributed by atoms with E-state index in [9.17, 15) is 9.59 Å². The van der Waals surface area contributed by atoms with Crippen LogP contribution in [-0.2, 0) is 14.3 Å². The summed E-state index contributed by atoms with van der Waals surface area (Å²) in [6, 6.07) is 0. The lowest BCUT2D eigenvalue weighted by atomic mass is 10.1. The molecule has 1 aliphatic rings. The fourth-order valence-electron chi connectivity index (χ4n) is 1.29. The zero-order valence-corrected chi connectivity index (χ0v) is 9.78. The Kier molecular flexibility index (Phi) is 4.40. The van der Waals surface area contributed by atoms with Crippen LogP contribution in [0.15, 0.2) is 0 Å². The second-order valence-electron chi connectivity index (χ2n) is 4.49. The molecule has 6 nitrogen and oxygen atoms in total. The summed E-state index contributed by atoms with van der Waals surface area (Å²) in [6.45, 7) is 6.02. The van der Waals surface area contributed by atoms with Crippen LogP contribution in [0.3, 0.4) is 0 Å². The van der Waals surface area contributed by atoms with Gasteiger partial charge in [0.2, 0.25) is 11.8 Å². The number of morpholine rings is 1. The van der Waals surface area contributed by atoms with Gasteiger partial charge in [-0.2, -0.15) is 0 Å². The highest BCUT2D eigenvalue weighted by atomic mass is 16.5. The lowest BCUT2D eigenvalue weighted by Crippen LogP contribution is -2.53. The number of carbonyl (C=O) groups is 2. The first-order valence-electron chi connectivity index (χ1n) is 5.33. The zero-order valence-electron chi connectivity index (χ0n) is 9.78. The molecule has 0 aromatic rings. The van der Waals surface area contributed by atoms with Gasteiger partial charge in [0.15, 0.2) is 0 Å². The Morgan fingerprint density at radius 3 is 2.44 bits per heavy atom. The van der Waals surface area contributed by atoms with E-state index in [0.717, 1.165) is 0 Å². The van der Waals surface area contributed by atoms with Crippen molar-refractivity contribution in [1.82, 2.24) is 10.2 Å². The van der Waals surface area contributed by atoms with Crippen LogP contribution in [0.2, 0.25) is 0 Å². The van der Waals surface area contributed by atoms with Gasteiger partial charge in [0.1, 0.15) is 0 Å². The van der Waals surface area contributed by atoms with Crippen molar-refractivity contribution in [3.8, 4) is 0 Å². The highest BCUT2D eigenvalue weighted by molar-refractivity contribution is 6.00. The Morgan fingerprint density at radius 2 is 1.94 bits per heavy atom. The van der Waals surface area contributed by atoms with Gasteiger partial charge in [-0.05, 0) is 13.8 Å². The van der Waals surface area contributed by atoms with E-state index < -0.39 is 11.4 Å². The van der Waals surface area contributed by atoms with Crippen LogP contribution in [-0.4, -0.2) is 55.1 Å². The van der Waals surface area contributed by atoms with Crippen LogP contribution < -0.4 is 11.1 Å². The van der Waals surface area contributed by atoms with E-state index in [-0.39, 0.29) is 12.5 Å². The van der Waals surface area contributed by atoms with Gasteiger partial charge < -0.3 is 10.5 Å². The van der Waals surface area contributed by atoms with E-state index in [2.05, 4.69) is 5.32 Å². The van der Waals surface area contributed by atoms with E-state index in [1.807, 2.05) is 4.90 Å². The molecular formula is C10H19N3O3. The van der Waals surface area contributed by atoms with Crippen LogP contribution in [0.1, 0.15) is 13.8 Å². The summed E-state index contributed by atoms with van der Waals surface area (Å²) in [5, 5.41) is 2.28. The van der Waals surface area contributed by atoms with Gasteiger partial charge in [0.05, 0.1) is 25.3 Å². The number of hydrogen-bond acceptors (Lipinski definition) is 5. The number of carbonyl (C=O) groups excluding carboxylic acids is 2. The number of amides is 2. The van der Waals surface area contributed by atoms with Crippen LogP contribution in [0.4, 0.5) is 0 Å². The van der Waals surface area contributed by atoms with Crippen LogP contribution in [0.25, 0.3) is 0 Å². The molecule has 2 amide bonds. The van der Waals surface area contributed by atoms with Crippen molar-refractivity contribution in [2.24, 2.45) is 5.73 Å². The number of ether oxygens (including phenoxy) is 1. The topological polar surface area (TPSA) is 84.7 Å². The first-order valence-corrected chi connectivity index (χ1v) is 5.33. The minimum absolute atomic E-state index is 0.213. The van der Waals surface area contributed by atoms with Gasteiger partial charge in [0, 0.05) is 13.1 Å². The maximum atomic E-state index is 11.5. The smallest absolute Gasteiger partial charge is 0.246 e. The molecule has 6 heteroatoms. The molecule has 1 aliphatic heterocycles. The minimum atomic E-state index is -1.03. The van der Waals surface area contributed by atoms with Crippen molar-refractivity contribution < 1.29 is 14.3 Å². The number of nitrogens with zero attached hydrogens (tertiary/aromatic N) is 1. The average molecular weight is 229 g/mol. The minimum Gasteiger partial charge on any atom is -0.379 e. The third-order valence-electron chi connectivity index (χ3n) is 2.31. The van der Waals surface area contributed by atoms with Gasteiger partial charge in [-0.1, -0.05) is 0 Å². The van der Waals surface area contributed by atoms with Gasteiger partial charge in [-0.25, -0.2) is 0 Å². The maximum Gasteiger partial charge on any atom is 0.246 e. The fourth-order valence-corrected chi connectivity index (χ4v) is 1.29.